The van der Waals surface area contributed by atoms with Crippen molar-refractivity contribution in [1.29, 1.82) is 5.26 Å². The van der Waals surface area contributed by atoms with Crippen LogP contribution in [0.1, 0.15) is 57.5 Å². The summed E-state index contributed by atoms with van der Waals surface area (Å²) >= 11 is 6.06. The largest absolute Gasteiger partial charge is 0.324 e. The zero-order valence-corrected chi connectivity index (χ0v) is 13.7. The summed E-state index contributed by atoms with van der Waals surface area (Å²) in [6.45, 7) is 6.71. The molecule has 0 radical (unpaired) electrons. The maximum absolute atomic E-state index is 9.09. The van der Waals surface area contributed by atoms with Gasteiger partial charge in [0.15, 0.2) is 0 Å². The molecule has 0 fully saturated rings. The molecule has 0 aliphatic rings. The van der Waals surface area contributed by atoms with Crippen molar-refractivity contribution in [3.8, 4) is 6.07 Å². The van der Waals surface area contributed by atoms with E-state index in [4.69, 9.17) is 16.9 Å². The molecule has 3 nitrogen and oxygen atoms in total. The first-order valence-corrected chi connectivity index (χ1v) is 8.07. The molecule has 0 aliphatic carbocycles. The highest BCUT2D eigenvalue weighted by atomic mass is 35.5. The number of hydrogen-bond donors (Lipinski definition) is 0. The highest BCUT2D eigenvalue weighted by molar-refractivity contribution is 6.16. The van der Waals surface area contributed by atoms with Crippen LogP contribution in [-0.2, 0) is 5.88 Å². The summed E-state index contributed by atoms with van der Waals surface area (Å²) < 4.78 is 2.20. The molecule has 0 saturated heterocycles. The van der Waals surface area contributed by atoms with Crippen LogP contribution in [0.15, 0.2) is 18.2 Å². The van der Waals surface area contributed by atoms with Gasteiger partial charge in [0.2, 0.25) is 0 Å². The van der Waals surface area contributed by atoms with Crippen molar-refractivity contribution in [2.45, 2.75) is 52.0 Å². The van der Waals surface area contributed by atoms with E-state index in [1.54, 1.807) is 6.07 Å². The quantitative estimate of drug-likeness (QED) is 0.702. The summed E-state index contributed by atoms with van der Waals surface area (Å²) in [4.78, 5) is 4.59. The van der Waals surface area contributed by atoms with Gasteiger partial charge >= 0.3 is 0 Å². The third-order valence-electron chi connectivity index (χ3n) is 3.86. The number of nitriles is 1. The second-order valence-corrected chi connectivity index (χ2v) is 6.29. The molecule has 0 bridgehead atoms. The molecule has 112 valence electrons. The van der Waals surface area contributed by atoms with E-state index in [1.165, 1.54) is 12.8 Å². The van der Waals surface area contributed by atoms with Crippen molar-refractivity contribution in [3.63, 3.8) is 0 Å². The fourth-order valence-corrected chi connectivity index (χ4v) is 2.94. The highest BCUT2D eigenvalue weighted by Crippen LogP contribution is 2.26. The average Bonchev–Trinajstić information content (AvgIpc) is 2.84. The standard InChI is InChI=1S/C17H22ClN3/c1-12(2)5-4-6-13(3)21-16-9-14(11-19)7-8-15(16)20-17(21)10-18/h7-9,12-13H,4-6,10H2,1-3H3. The molecule has 0 N–H and O–H groups in total. The van der Waals surface area contributed by atoms with Crippen molar-refractivity contribution >= 4 is 22.6 Å². The van der Waals surface area contributed by atoms with Gasteiger partial charge in [-0.1, -0.05) is 26.7 Å². The van der Waals surface area contributed by atoms with E-state index in [0.717, 1.165) is 29.2 Å². The molecule has 0 spiro atoms. The minimum atomic E-state index is 0.344. The molecule has 1 aromatic heterocycles. The van der Waals surface area contributed by atoms with Gasteiger partial charge in [0.1, 0.15) is 5.82 Å². The second kappa shape index (κ2) is 6.95. The van der Waals surface area contributed by atoms with Crippen molar-refractivity contribution < 1.29 is 0 Å². The summed E-state index contributed by atoms with van der Waals surface area (Å²) in [5, 5.41) is 9.09. The minimum absolute atomic E-state index is 0.344. The third kappa shape index (κ3) is 3.57. The smallest absolute Gasteiger partial charge is 0.125 e. The first-order valence-electron chi connectivity index (χ1n) is 7.53. The summed E-state index contributed by atoms with van der Waals surface area (Å²) in [5.41, 5.74) is 2.60. The van der Waals surface area contributed by atoms with Crippen LogP contribution >= 0.6 is 11.6 Å². The maximum Gasteiger partial charge on any atom is 0.125 e. The van der Waals surface area contributed by atoms with Crippen LogP contribution in [0.2, 0.25) is 0 Å². The Hall–Kier alpha value is -1.53. The molecular formula is C17H22ClN3. The Labute approximate surface area is 131 Å². The number of rotatable bonds is 6. The molecule has 0 aliphatic heterocycles. The molecular weight excluding hydrogens is 282 g/mol. The summed E-state index contributed by atoms with van der Waals surface area (Å²) in [5.74, 6) is 2.01. The average molecular weight is 304 g/mol. The number of halogens is 1. The van der Waals surface area contributed by atoms with Crippen LogP contribution in [0.4, 0.5) is 0 Å². The topological polar surface area (TPSA) is 41.6 Å². The second-order valence-electron chi connectivity index (χ2n) is 6.02. The first kappa shape index (κ1) is 15.9. The predicted octanol–water partition coefficient (Wildman–Crippen LogP) is 5.03. The number of benzene rings is 1. The zero-order chi connectivity index (χ0) is 15.4. The molecule has 1 heterocycles. The predicted molar refractivity (Wildman–Crippen MR) is 87.4 cm³/mol. The third-order valence-corrected chi connectivity index (χ3v) is 4.09. The SMILES string of the molecule is CC(C)CCCC(C)n1c(CCl)nc2ccc(C#N)cc21. The summed E-state index contributed by atoms with van der Waals surface area (Å²) in [6.07, 6.45) is 3.53. The molecule has 21 heavy (non-hydrogen) atoms. The van der Waals surface area contributed by atoms with E-state index in [0.29, 0.717) is 17.5 Å². The number of fused-ring (bicyclic) bond motifs is 1. The Morgan fingerprint density at radius 3 is 2.67 bits per heavy atom. The van der Waals surface area contributed by atoms with Gasteiger partial charge in [0.05, 0.1) is 28.5 Å². The Kier molecular flexibility index (Phi) is 5.25. The number of nitrogens with zero attached hydrogens (tertiary/aromatic N) is 3. The highest BCUT2D eigenvalue weighted by Gasteiger charge is 2.15. The molecule has 0 amide bonds. The van der Waals surface area contributed by atoms with Crippen LogP contribution in [0.5, 0.6) is 0 Å². The van der Waals surface area contributed by atoms with E-state index in [1.807, 2.05) is 12.1 Å². The lowest BCUT2D eigenvalue weighted by Crippen LogP contribution is -2.09. The Balaban J connectivity index is 2.33. The van der Waals surface area contributed by atoms with Gasteiger partial charge in [-0.05, 0) is 37.5 Å². The van der Waals surface area contributed by atoms with Crippen molar-refractivity contribution in [3.05, 3.63) is 29.6 Å². The van der Waals surface area contributed by atoms with Gasteiger partial charge in [-0.15, -0.1) is 11.6 Å². The van der Waals surface area contributed by atoms with Crippen LogP contribution in [-0.4, -0.2) is 9.55 Å². The number of alkyl halides is 1. The van der Waals surface area contributed by atoms with Gasteiger partial charge in [0, 0.05) is 6.04 Å². The van der Waals surface area contributed by atoms with Gasteiger partial charge in [-0.25, -0.2) is 4.98 Å². The monoisotopic (exact) mass is 303 g/mol. The molecule has 2 rings (SSSR count). The molecule has 0 saturated carbocycles. The van der Waals surface area contributed by atoms with Crippen LogP contribution in [0, 0.1) is 17.2 Å². The van der Waals surface area contributed by atoms with Gasteiger partial charge in [-0.3, -0.25) is 0 Å². The van der Waals surface area contributed by atoms with Crippen LogP contribution in [0.25, 0.3) is 11.0 Å². The molecule has 1 atom stereocenters. The van der Waals surface area contributed by atoms with Crippen LogP contribution < -0.4 is 0 Å². The number of hydrogen-bond acceptors (Lipinski definition) is 2. The normalized spacial score (nSPS) is 12.8. The summed E-state index contributed by atoms with van der Waals surface area (Å²) in [7, 11) is 0. The molecule has 1 aromatic carbocycles. The minimum Gasteiger partial charge on any atom is -0.324 e. The Morgan fingerprint density at radius 2 is 2.05 bits per heavy atom. The number of aromatic nitrogens is 2. The first-order chi connectivity index (χ1) is 10.1. The van der Waals surface area contributed by atoms with E-state index in [2.05, 4.69) is 36.4 Å². The van der Waals surface area contributed by atoms with Gasteiger partial charge in [-0.2, -0.15) is 5.26 Å². The molecule has 1 unspecified atom stereocenters. The van der Waals surface area contributed by atoms with Crippen molar-refractivity contribution in [2.24, 2.45) is 5.92 Å². The molecule has 4 heteroatoms. The lowest BCUT2D eigenvalue weighted by Gasteiger charge is -2.17. The fourth-order valence-electron chi connectivity index (χ4n) is 2.75. The molecule has 2 aromatic rings. The maximum atomic E-state index is 9.09. The Morgan fingerprint density at radius 1 is 1.29 bits per heavy atom. The lowest BCUT2D eigenvalue weighted by atomic mass is 10.0. The fraction of sp³-hybridized carbons (Fsp3) is 0.529. The van der Waals surface area contributed by atoms with E-state index in [-0.39, 0.29) is 0 Å². The zero-order valence-electron chi connectivity index (χ0n) is 12.9. The van der Waals surface area contributed by atoms with Crippen LogP contribution in [0.3, 0.4) is 0 Å². The lowest BCUT2D eigenvalue weighted by molar-refractivity contribution is 0.447. The van der Waals surface area contributed by atoms with E-state index >= 15 is 0 Å². The summed E-state index contributed by atoms with van der Waals surface area (Å²) in [6, 6.07) is 8.17. The van der Waals surface area contributed by atoms with Gasteiger partial charge in [0.25, 0.3) is 0 Å². The van der Waals surface area contributed by atoms with E-state index in [9.17, 15) is 0 Å². The number of imidazole rings is 1. The van der Waals surface area contributed by atoms with Crippen molar-refractivity contribution in [1.82, 2.24) is 9.55 Å². The van der Waals surface area contributed by atoms with Gasteiger partial charge < -0.3 is 4.57 Å². The Bertz CT molecular complexity index is 652. The van der Waals surface area contributed by atoms with Crippen molar-refractivity contribution in [2.75, 3.05) is 0 Å². The van der Waals surface area contributed by atoms with E-state index < -0.39 is 0 Å².